The van der Waals surface area contributed by atoms with Crippen molar-refractivity contribution >= 4 is 5.97 Å². The van der Waals surface area contributed by atoms with Gasteiger partial charge in [-0.1, -0.05) is 6.92 Å². The van der Waals surface area contributed by atoms with Gasteiger partial charge in [0.25, 0.3) is 0 Å². The molecule has 106 valence electrons. The third kappa shape index (κ3) is 3.87. The van der Waals surface area contributed by atoms with Gasteiger partial charge in [-0.05, 0) is 38.5 Å². The molecule has 0 saturated carbocycles. The Hall–Kier alpha value is -1.72. The van der Waals surface area contributed by atoms with Crippen LogP contribution < -0.4 is 4.74 Å². The first kappa shape index (κ1) is 15.3. The number of benzene rings is 1. The van der Waals surface area contributed by atoms with Crippen molar-refractivity contribution in [2.75, 3.05) is 0 Å². The van der Waals surface area contributed by atoms with E-state index in [1.54, 1.807) is 13.8 Å². The Kier molecular flexibility index (Phi) is 4.12. The minimum atomic E-state index is -4.73. The number of hydrogen-bond donors (Lipinski definition) is 1. The van der Waals surface area contributed by atoms with Gasteiger partial charge < -0.3 is 9.84 Å². The van der Waals surface area contributed by atoms with Gasteiger partial charge in [-0.2, -0.15) is 13.2 Å². The molecule has 0 unspecified atom stereocenters. The van der Waals surface area contributed by atoms with Crippen molar-refractivity contribution < 1.29 is 27.8 Å². The van der Waals surface area contributed by atoms with Crippen molar-refractivity contribution in [3.05, 3.63) is 29.3 Å². The molecule has 19 heavy (non-hydrogen) atoms. The van der Waals surface area contributed by atoms with Crippen LogP contribution in [0.1, 0.15) is 43.1 Å². The van der Waals surface area contributed by atoms with E-state index in [4.69, 9.17) is 9.84 Å². The van der Waals surface area contributed by atoms with E-state index in [9.17, 15) is 18.0 Å². The van der Waals surface area contributed by atoms with E-state index in [0.717, 1.165) is 12.1 Å². The van der Waals surface area contributed by atoms with E-state index < -0.39 is 28.9 Å². The predicted octanol–water partition coefficient (Wildman–Crippen LogP) is 3.97. The van der Waals surface area contributed by atoms with Crippen molar-refractivity contribution in [1.29, 1.82) is 0 Å². The van der Waals surface area contributed by atoms with Gasteiger partial charge in [-0.15, -0.1) is 0 Å². The SMILES string of the molecule is CCC(C)(C)Oc1ccc(C(=O)O)c(C(F)(F)F)c1. The van der Waals surface area contributed by atoms with Crippen LogP contribution in [-0.4, -0.2) is 16.7 Å². The molecule has 0 fully saturated rings. The molecule has 0 atom stereocenters. The smallest absolute Gasteiger partial charge is 0.417 e. The lowest BCUT2D eigenvalue weighted by molar-refractivity contribution is -0.138. The molecule has 6 heteroatoms. The number of hydrogen-bond acceptors (Lipinski definition) is 2. The van der Waals surface area contributed by atoms with Gasteiger partial charge in [0, 0.05) is 0 Å². The van der Waals surface area contributed by atoms with Gasteiger partial charge in [0.15, 0.2) is 0 Å². The summed E-state index contributed by atoms with van der Waals surface area (Å²) < 4.78 is 43.8. The molecule has 0 aromatic heterocycles. The van der Waals surface area contributed by atoms with Gasteiger partial charge >= 0.3 is 12.1 Å². The van der Waals surface area contributed by atoms with Crippen LogP contribution in [0.25, 0.3) is 0 Å². The van der Waals surface area contributed by atoms with Crippen LogP contribution in [0.4, 0.5) is 13.2 Å². The number of carbonyl (C=O) groups is 1. The number of aromatic carboxylic acids is 1. The lowest BCUT2D eigenvalue weighted by Gasteiger charge is -2.25. The first-order chi connectivity index (χ1) is 8.57. The molecule has 0 aliphatic carbocycles. The lowest BCUT2D eigenvalue weighted by Crippen LogP contribution is -2.27. The molecule has 1 rings (SSSR count). The number of carboxylic acids is 1. The molecular weight excluding hydrogens is 261 g/mol. The Morgan fingerprint density at radius 3 is 2.32 bits per heavy atom. The monoisotopic (exact) mass is 276 g/mol. The fourth-order valence-electron chi connectivity index (χ4n) is 1.40. The standard InChI is InChI=1S/C13H15F3O3/c1-4-12(2,3)19-8-5-6-9(11(17)18)10(7-8)13(14,15)16/h5-7H,4H2,1-3H3,(H,17,18). The fourth-order valence-corrected chi connectivity index (χ4v) is 1.40. The highest BCUT2D eigenvalue weighted by Crippen LogP contribution is 2.35. The number of ether oxygens (including phenoxy) is 1. The van der Waals surface area contributed by atoms with Crippen LogP contribution in [-0.2, 0) is 6.18 Å². The molecule has 0 saturated heterocycles. The highest BCUT2D eigenvalue weighted by atomic mass is 19.4. The summed E-state index contributed by atoms with van der Waals surface area (Å²) in [6, 6.07) is 2.86. The van der Waals surface area contributed by atoms with Gasteiger partial charge in [0.1, 0.15) is 11.4 Å². The van der Waals surface area contributed by atoms with Crippen LogP contribution in [0.15, 0.2) is 18.2 Å². The number of halogens is 3. The minimum absolute atomic E-state index is 0.00387. The van der Waals surface area contributed by atoms with E-state index in [2.05, 4.69) is 0 Å². The van der Waals surface area contributed by atoms with Crippen molar-refractivity contribution in [3.63, 3.8) is 0 Å². The Balaban J connectivity index is 3.23. The zero-order valence-electron chi connectivity index (χ0n) is 10.8. The Bertz CT molecular complexity index is 479. The second-order valence-corrected chi connectivity index (χ2v) is 4.73. The zero-order valence-corrected chi connectivity index (χ0v) is 10.8. The van der Waals surface area contributed by atoms with Crippen LogP contribution in [0, 0.1) is 0 Å². The molecular formula is C13H15F3O3. The molecule has 1 aromatic carbocycles. The topological polar surface area (TPSA) is 46.5 Å². The zero-order chi connectivity index (χ0) is 14.8. The first-order valence-electron chi connectivity index (χ1n) is 5.70. The highest BCUT2D eigenvalue weighted by Gasteiger charge is 2.36. The first-order valence-corrected chi connectivity index (χ1v) is 5.70. The molecule has 1 N–H and O–H groups in total. The van der Waals surface area contributed by atoms with Gasteiger partial charge in [-0.3, -0.25) is 0 Å². The van der Waals surface area contributed by atoms with Gasteiger partial charge in [0.05, 0.1) is 11.1 Å². The number of alkyl halides is 3. The largest absolute Gasteiger partial charge is 0.488 e. The third-order valence-corrected chi connectivity index (χ3v) is 2.77. The predicted molar refractivity (Wildman–Crippen MR) is 63.4 cm³/mol. The van der Waals surface area contributed by atoms with Crippen molar-refractivity contribution in [1.82, 2.24) is 0 Å². The van der Waals surface area contributed by atoms with Crippen LogP contribution in [0.2, 0.25) is 0 Å². The molecule has 3 nitrogen and oxygen atoms in total. The molecule has 0 aliphatic rings. The van der Waals surface area contributed by atoms with E-state index >= 15 is 0 Å². The maximum atomic E-state index is 12.8. The molecule has 0 spiro atoms. The summed E-state index contributed by atoms with van der Waals surface area (Å²) in [5.74, 6) is -1.61. The maximum Gasteiger partial charge on any atom is 0.417 e. The summed E-state index contributed by atoms with van der Waals surface area (Å²) in [6.45, 7) is 5.33. The van der Waals surface area contributed by atoms with Crippen LogP contribution in [0.3, 0.4) is 0 Å². The minimum Gasteiger partial charge on any atom is -0.488 e. The van der Waals surface area contributed by atoms with Crippen LogP contribution >= 0.6 is 0 Å². The lowest BCUT2D eigenvalue weighted by atomic mass is 10.0. The van der Waals surface area contributed by atoms with Gasteiger partial charge in [0.2, 0.25) is 0 Å². The van der Waals surface area contributed by atoms with E-state index in [-0.39, 0.29) is 5.75 Å². The molecule has 0 aliphatic heterocycles. The highest BCUT2D eigenvalue weighted by molar-refractivity contribution is 5.89. The summed E-state index contributed by atoms with van der Waals surface area (Å²) in [4.78, 5) is 10.8. The third-order valence-electron chi connectivity index (χ3n) is 2.77. The average molecular weight is 276 g/mol. The van der Waals surface area contributed by atoms with Crippen molar-refractivity contribution in [2.24, 2.45) is 0 Å². The molecule has 0 radical (unpaired) electrons. The molecule has 0 amide bonds. The van der Waals surface area contributed by atoms with Gasteiger partial charge in [-0.25, -0.2) is 4.79 Å². The second-order valence-electron chi connectivity index (χ2n) is 4.73. The van der Waals surface area contributed by atoms with Crippen molar-refractivity contribution in [2.45, 2.75) is 39.0 Å². The Morgan fingerprint density at radius 2 is 1.89 bits per heavy atom. The summed E-state index contributed by atoms with van der Waals surface area (Å²) >= 11 is 0. The normalized spacial score (nSPS) is 12.3. The Morgan fingerprint density at radius 1 is 1.32 bits per heavy atom. The second kappa shape index (κ2) is 5.11. The Labute approximate surface area is 109 Å². The summed E-state index contributed by atoms with van der Waals surface area (Å²) in [7, 11) is 0. The number of carboxylic acid groups (broad SMARTS) is 1. The summed E-state index contributed by atoms with van der Waals surface area (Å²) in [5.41, 5.74) is -2.60. The fraction of sp³-hybridized carbons (Fsp3) is 0.462. The maximum absolute atomic E-state index is 12.8. The molecule has 1 aromatic rings. The van der Waals surface area contributed by atoms with E-state index in [1.807, 2.05) is 6.92 Å². The average Bonchev–Trinajstić information content (AvgIpc) is 2.27. The summed E-state index contributed by atoms with van der Waals surface area (Å²) in [5, 5.41) is 8.76. The van der Waals surface area contributed by atoms with E-state index in [1.165, 1.54) is 6.07 Å². The summed E-state index contributed by atoms with van der Waals surface area (Å²) in [6.07, 6.45) is -4.13. The number of rotatable bonds is 4. The molecule has 0 heterocycles. The van der Waals surface area contributed by atoms with Crippen molar-refractivity contribution in [3.8, 4) is 5.75 Å². The molecule has 0 bridgehead atoms. The van der Waals surface area contributed by atoms with E-state index in [0.29, 0.717) is 6.42 Å². The quantitative estimate of drug-likeness (QED) is 0.905. The van der Waals surface area contributed by atoms with Crippen LogP contribution in [0.5, 0.6) is 5.75 Å².